The minimum Gasteiger partial charge on any atom is -0.377 e. The van der Waals surface area contributed by atoms with E-state index in [0.717, 1.165) is 71.4 Å². The van der Waals surface area contributed by atoms with Crippen molar-refractivity contribution in [3.05, 3.63) is 71.8 Å². The van der Waals surface area contributed by atoms with Gasteiger partial charge in [-0.25, -0.2) is 0 Å². The van der Waals surface area contributed by atoms with Crippen molar-refractivity contribution in [2.75, 3.05) is 32.7 Å². The lowest BCUT2D eigenvalue weighted by atomic mass is 9.78. The fraction of sp³-hybridized carbons (Fsp3) is 0.586. The maximum Gasteiger partial charge on any atom is 0.124 e. The Labute approximate surface area is 210 Å². The number of aliphatic hydroxyl groups excluding tert-OH is 2. The second kappa shape index (κ2) is 11.1. The van der Waals surface area contributed by atoms with Crippen LogP contribution in [0.3, 0.4) is 0 Å². The van der Waals surface area contributed by atoms with Gasteiger partial charge in [0.05, 0.1) is 5.54 Å². The van der Waals surface area contributed by atoms with Crippen molar-refractivity contribution in [1.82, 2.24) is 20.0 Å². The number of likely N-dealkylation sites (tertiary alicyclic amines) is 2. The highest BCUT2D eigenvalue weighted by Gasteiger charge is 2.54. The first kappa shape index (κ1) is 24.9. The molecule has 2 unspecified atom stereocenters. The molecule has 3 fully saturated rings. The summed E-state index contributed by atoms with van der Waals surface area (Å²) in [5, 5.41) is 26.0. The Bertz CT molecular complexity index is 911. The van der Waals surface area contributed by atoms with Crippen molar-refractivity contribution in [2.45, 2.75) is 75.7 Å². The number of piperazine rings is 1. The predicted octanol–water partition coefficient (Wildman–Crippen LogP) is 2.66. The number of hydrogen-bond acceptors (Lipinski definition) is 6. The van der Waals surface area contributed by atoms with E-state index in [1.165, 1.54) is 11.1 Å². The third kappa shape index (κ3) is 5.48. The topological polar surface area (TPSA) is 62.2 Å². The number of piperidine rings is 2. The second-order valence-electron chi connectivity index (χ2n) is 10.9. The predicted molar refractivity (Wildman–Crippen MR) is 140 cm³/mol. The molecule has 2 aromatic rings. The quantitative estimate of drug-likeness (QED) is 0.594. The molecule has 3 atom stereocenters. The van der Waals surface area contributed by atoms with Crippen LogP contribution in [0.1, 0.15) is 43.7 Å². The van der Waals surface area contributed by atoms with Gasteiger partial charge in [-0.05, 0) is 63.2 Å². The summed E-state index contributed by atoms with van der Waals surface area (Å²) in [5.74, 6) is 0. The highest BCUT2D eigenvalue weighted by atomic mass is 16.3. The zero-order valence-electron chi connectivity index (χ0n) is 21.1. The van der Waals surface area contributed by atoms with Crippen molar-refractivity contribution >= 4 is 0 Å². The van der Waals surface area contributed by atoms with E-state index in [0.29, 0.717) is 6.04 Å². The van der Waals surface area contributed by atoms with E-state index in [1.54, 1.807) is 0 Å². The molecule has 6 nitrogen and oxygen atoms in total. The lowest BCUT2D eigenvalue weighted by molar-refractivity contribution is -0.214. The van der Waals surface area contributed by atoms with E-state index in [1.807, 2.05) is 6.92 Å². The average molecular weight is 479 g/mol. The Kier molecular flexibility index (Phi) is 7.87. The van der Waals surface area contributed by atoms with Gasteiger partial charge >= 0.3 is 0 Å². The van der Waals surface area contributed by atoms with Gasteiger partial charge < -0.3 is 15.1 Å². The SMILES string of the molecule is C[C@@H]1NC(O)C2(CCN(CCc3ccccc3)CC2)N(C2CCN(Cc3ccccc3)CC2)C1O. The van der Waals surface area contributed by atoms with E-state index < -0.39 is 18.0 Å². The molecule has 3 heterocycles. The molecule has 190 valence electrons. The van der Waals surface area contributed by atoms with Crippen LogP contribution in [-0.2, 0) is 13.0 Å². The molecule has 0 bridgehead atoms. The largest absolute Gasteiger partial charge is 0.377 e. The molecule has 0 aromatic heterocycles. The van der Waals surface area contributed by atoms with Crippen molar-refractivity contribution in [2.24, 2.45) is 0 Å². The zero-order chi connectivity index (χ0) is 24.3. The molecule has 5 rings (SSSR count). The monoisotopic (exact) mass is 478 g/mol. The lowest BCUT2D eigenvalue weighted by Gasteiger charge is -2.60. The van der Waals surface area contributed by atoms with Gasteiger partial charge in [-0.1, -0.05) is 60.7 Å². The van der Waals surface area contributed by atoms with Crippen LogP contribution in [0.4, 0.5) is 0 Å². The van der Waals surface area contributed by atoms with Crippen molar-refractivity contribution in [3.8, 4) is 0 Å². The van der Waals surface area contributed by atoms with Gasteiger partial charge in [0, 0.05) is 38.3 Å². The van der Waals surface area contributed by atoms with Gasteiger partial charge in [-0.2, -0.15) is 0 Å². The molecule has 3 aliphatic heterocycles. The van der Waals surface area contributed by atoms with E-state index in [9.17, 15) is 10.2 Å². The lowest BCUT2D eigenvalue weighted by Crippen LogP contribution is -2.77. The number of nitrogens with one attached hydrogen (secondary N) is 1. The van der Waals surface area contributed by atoms with E-state index in [-0.39, 0.29) is 6.04 Å². The van der Waals surface area contributed by atoms with Crippen LogP contribution in [0.25, 0.3) is 0 Å². The molecular weight excluding hydrogens is 436 g/mol. The molecule has 3 saturated heterocycles. The van der Waals surface area contributed by atoms with Crippen LogP contribution in [0, 0.1) is 0 Å². The maximum atomic E-state index is 11.4. The summed E-state index contributed by atoms with van der Waals surface area (Å²) in [6, 6.07) is 21.5. The molecular formula is C29H42N4O2. The number of nitrogens with zero attached hydrogens (tertiary/aromatic N) is 3. The van der Waals surface area contributed by atoms with Crippen LogP contribution in [0.15, 0.2) is 60.7 Å². The third-order valence-electron chi connectivity index (χ3n) is 8.66. The summed E-state index contributed by atoms with van der Waals surface area (Å²) in [6.07, 6.45) is 3.69. The highest BCUT2D eigenvalue weighted by molar-refractivity contribution is 5.16. The van der Waals surface area contributed by atoms with Crippen LogP contribution in [0.5, 0.6) is 0 Å². The molecule has 35 heavy (non-hydrogen) atoms. The molecule has 3 aliphatic rings. The normalized spacial score (nSPS) is 28.9. The zero-order valence-corrected chi connectivity index (χ0v) is 21.1. The molecule has 3 N–H and O–H groups in total. The third-order valence-corrected chi connectivity index (χ3v) is 8.66. The minimum atomic E-state index is -0.612. The number of rotatable bonds is 6. The molecule has 0 amide bonds. The Hall–Kier alpha value is -1.80. The first-order valence-corrected chi connectivity index (χ1v) is 13.5. The summed E-state index contributed by atoms with van der Waals surface area (Å²) >= 11 is 0. The Morgan fingerprint density at radius 3 is 2.06 bits per heavy atom. The van der Waals surface area contributed by atoms with Crippen molar-refractivity contribution < 1.29 is 10.2 Å². The standard InChI is InChI=1S/C29H42N4O2/c1-23-27(34)33(26-13-18-32(19-14-26)22-25-10-6-3-7-11-25)29(28(35)30-23)15-20-31(21-16-29)17-12-24-8-4-2-5-9-24/h2-11,23,26-28,30,34-35H,12-22H2,1H3/t23-,27?,28?/m0/s1. The van der Waals surface area contributed by atoms with Gasteiger partial charge in [-0.15, -0.1) is 0 Å². The van der Waals surface area contributed by atoms with Gasteiger partial charge in [0.2, 0.25) is 0 Å². The van der Waals surface area contributed by atoms with E-state index in [4.69, 9.17) is 0 Å². The number of aliphatic hydroxyl groups is 2. The minimum absolute atomic E-state index is 0.144. The van der Waals surface area contributed by atoms with Gasteiger partial charge in [0.1, 0.15) is 12.5 Å². The average Bonchev–Trinajstić information content (AvgIpc) is 2.89. The molecule has 0 radical (unpaired) electrons. The van der Waals surface area contributed by atoms with Crippen molar-refractivity contribution in [3.63, 3.8) is 0 Å². The van der Waals surface area contributed by atoms with E-state index in [2.05, 4.69) is 80.7 Å². The van der Waals surface area contributed by atoms with Gasteiger partial charge in [0.15, 0.2) is 0 Å². The van der Waals surface area contributed by atoms with E-state index >= 15 is 0 Å². The molecule has 0 aliphatic carbocycles. The van der Waals surface area contributed by atoms with Crippen LogP contribution in [-0.4, -0.2) is 87.7 Å². The van der Waals surface area contributed by atoms with Gasteiger partial charge in [0.25, 0.3) is 0 Å². The number of hydrogen-bond donors (Lipinski definition) is 3. The van der Waals surface area contributed by atoms with Gasteiger partial charge in [-0.3, -0.25) is 15.1 Å². The molecule has 2 aromatic carbocycles. The Balaban J connectivity index is 1.23. The molecule has 1 spiro atoms. The molecule has 0 saturated carbocycles. The molecule has 6 heteroatoms. The summed E-state index contributed by atoms with van der Waals surface area (Å²) in [5.41, 5.74) is 2.33. The van der Waals surface area contributed by atoms with Crippen LogP contribution < -0.4 is 5.32 Å². The Morgan fingerprint density at radius 1 is 0.829 bits per heavy atom. The van der Waals surface area contributed by atoms with Crippen molar-refractivity contribution in [1.29, 1.82) is 0 Å². The summed E-state index contributed by atoms with van der Waals surface area (Å²) < 4.78 is 0. The highest BCUT2D eigenvalue weighted by Crippen LogP contribution is 2.40. The Morgan fingerprint density at radius 2 is 1.43 bits per heavy atom. The van der Waals surface area contributed by atoms with Crippen LogP contribution in [0.2, 0.25) is 0 Å². The second-order valence-corrected chi connectivity index (χ2v) is 10.9. The maximum absolute atomic E-state index is 11.4. The summed E-state index contributed by atoms with van der Waals surface area (Å²) in [4.78, 5) is 7.39. The fourth-order valence-corrected chi connectivity index (χ4v) is 6.54. The first-order chi connectivity index (χ1) is 17.0. The first-order valence-electron chi connectivity index (χ1n) is 13.5. The summed E-state index contributed by atoms with van der Waals surface area (Å²) in [7, 11) is 0. The smallest absolute Gasteiger partial charge is 0.124 e. The fourth-order valence-electron chi connectivity index (χ4n) is 6.54. The summed E-state index contributed by atoms with van der Waals surface area (Å²) in [6.45, 7) is 7.98. The van der Waals surface area contributed by atoms with Crippen LogP contribution >= 0.6 is 0 Å². The number of benzene rings is 2.